The summed E-state index contributed by atoms with van der Waals surface area (Å²) in [5, 5.41) is 15.4. The van der Waals surface area contributed by atoms with E-state index in [1.165, 1.54) is 6.20 Å². The summed E-state index contributed by atoms with van der Waals surface area (Å²) in [6.07, 6.45) is 8.85. The predicted octanol–water partition coefficient (Wildman–Crippen LogP) is 3.41. The van der Waals surface area contributed by atoms with E-state index >= 15 is 0 Å². The van der Waals surface area contributed by atoms with Crippen LogP contribution in [0.4, 0.5) is 23.1 Å². The standard InChI is InChI=1S/C26H32N10O3/c1-5-39-25(37)20-14-27-26(30-17-13-29-36(15-17)18-9-11-34(2)12-10-18)32-24(20)31-21-8-6-7-19(22(21)38-4)23-28-16-35(3)33-23/h6-8,13-16,18H,5,9-12H2,1-4H3,(H2,27,30,31,32). The summed E-state index contributed by atoms with van der Waals surface area (Å²) < 4.78 is 14.6. The number of aryl methyl sites for hydroxylation is 1. The molecular formula is C26H32N10O3. The zero-order valence-corrected chi connectivity index (χ0v) is 22.5. The Kier molecular flexibility index (Phi) is 7.68. The second-order valence-electron chi connectivity index (χ2n) is 9.30. The zero-order valence-electron chi connectivity index (χ0n) is 22.5. The summed E-state index contributed by atoms with van der Waals surface area (Å²) in [6.45, 7) is 4.05. The second kappa shape index (κ2) is 11.5. The first-order valence-electron chi connectivity index (χ1n) is 12.8. The third-order valence-electron chi connectivity index (χ3n) is 6.52. The summed E-state index contributed by atoms with van der Waals surface area (Å²) in [6, 6.07) is 5.88. The van der Waals surface area contributed by atoms with Crippen LogP contribution in [-0.2, 0) is 11.8 Å². The molecule has 4 heterocycles. The number of anilines is 4. The first-order chi connectivity index (χ1) is 18.9. The van der Waals surface area contributed by atoms with E-state index in [2.05, 4.69) is 47.7 Å². The van der Waals surface area contributed by atoms with Gasteiger partial charge in [0.05, 0.1) is 42.9 Å². The van der Waals surface area contributed by atoms with Crippen LogP contribution in [0.2, 0.25) is 0 Å². The van der Waals surface area contributed by atoms with E-state index in [4.69, 9.17) is 9.47 Å². The highest BCUT2D eigenvalue weighted by Crippen LogP contribution is 2.37. The van der Waals surface area contributed by atoms with Gasteiger partial charge in [-0.3, -0.25) is 9.36 Å². The van der Waals surface area contributed by atoms with Crippen LogP contribution in [0.15, 0.2) is 43.1 Å². The Bertz CT molecular complexity index is 1440. The van der Waals surface area contributed by atoms with E-state index in [1.807, 2.05) is 29.1 Å². The maximum absolute atomic E-state index is 12.7. The lowest BCUT2D eigenvalue weighted by atomic mass is 10.1. The number of aromatic nitrogens is 7. The lowest BCUT2D eigenvalue weighted by molar-refractivity contribution is 0.0526. The number of ether oxygens (including phenoxy) is 2. The van der Waals surface area contributed by atoms with Crippen LogP contribution in [0.1, 0.15) is 36.2 Å². The molecule has 0 spiro atoms. The van der Waals surface area contributed by atoms with Gasteiger partial charge in [-0.25, -0.2) is 14.8 Å². The Labute approximate surface area is 226 Å². The van der Waals surface area contributed by atoms with Gasteiger partial charge >= 0.3 is 5.97 Å². The van der Waals surface area contributed by atoms with Crippen molar-refractivity contribution in [2.45, 2.75) is 25.8 Å². The van der Waals surface area contributed by atoms with Crippen molar-refractivity contribution in [3.8, 4) is 17.1 Å². The number of benzene rings is 1. The van der Waals surface area contributed by atoms with Crippen LogP contribution < -0.4 is 15.4 Å². The molecule has 204 valence electrons. The Morgan fingerprint density at radius 2 is 1.95 bits per heavy atom. The highest BCUT2D eigenvalue weighted by molar-refractivity contribution is 5.96. The molecule has 13 nitrogen and oxygen atoms in total. The number of likely N-dealkylation sites (tertiary alicyclic amines) is 1. The fourth-order valence-electron chi connectivity index (χ4n) is 4.51. The van der Waals surface area contributed by atoms with Crippen molar-refractivity contribution in [1.82, 2.24) is 39.4 Å². The Morgan fingerprint density at radius 1 is 1.13 bits per heavy atom. The molecule has 2 N–H and O–H groups in total. The normalized spacial score (nSPS) is 14.3. The van der Waals surface area contributed by atoms with Gasteiger partial charge in [0.2, 0.25) is 5.95 Å². The molecule has 0 radical (unpaired) electrons. The van der Waals surface area contributed by atoms with Crippen LogP contribution in [0.25, 0.3) is 11.4 Å². The van der Waals surface area contributed by atoms with Crippen molar-refractivity contribution in [3.63, 3.8) is 0 Å². The molecule has 1 fully saturated rings. The van der Waals surface area contributed by atoms with Crippen molar-refractivity contribution in [1.29, 1.82) is 0 Å². The number of nitrogens with zero attached hydrogens (tertiary/aromatic N) is 8. The lowest BCUT2D eigenvalue weighted by Crippen LogP contribution is -2.31. The van der Waals surface area contributed by atoms with E-state index < -0.39 is 5.97 Å². The average molecular weight is 533 g/mol. The first-order valence-corrected chi connectivity index (χ1v) is 12.8. The van der Waals surface area contributed by atoms with Gasteiger partial charge in [-0.05, 0) is 52.0 Å². The van der Waals surface area contributed by atoms with Crippen LogP contribution in [0.3, 0.4) is 0 Å². The van der Waals surface area contributed by atoms with Crippen molar-refractivity contribution >= 4 is 29.1 Å². The van der Waals surface area contributed by atoms with Gasteiger partial charge in [0.1, 0.15) is 11.9 Å². The van der Waals surface area contributed by atoms with Crippen molar-refractivity contribution in [2.75, 3.05) is 44.5 Å². The molecule has 0 bridgehead atoms. The molecular weight excluding hydrogens is 500 g/mol. The monoisotopic (exact) mass is 532 g/mol. The van der Waals surface area contributed by atoms with Gasteiger partial charge in [0.15, 0.2) is 17.4 Å². The molecule has 1 saturated heterocycles. The van der Waals surface area contributed by atoms with Gasteiger partial charge in [-0.1, -0.05) is 6.07 Å². The van der Waals surface area contributed by atoms with Crippen LogP contribution in [-0.4, -0.2) is 79.2 Å². The molecule has 4 aromatic rings. The topological polar surface area (TPSA) is 137 Å². The van der Waals surface area contributed by atoms with Crippen molar-refractivity contribution < 1.29 is 14.3 Å². The highest BCUT2D eigenvalue weighted by Gasteiger charge is 2.21. The number of esters is 1. The fourth-order valence-corrected chi connectivity index (χ4v) is 4.51. The summed E-state index contributed by atoms with van der Waals surface area (Å²) in [7, 11) is 5.49. The summed E-state index contributed by atoms with van der Waals surface area (Å²) in [5.74, 6) is 1.04. The van der Waals surface area contributed by atoms with Crippen LogP contribution in [0, 0.1) is 0 Å². The number of rotatable bonds is 9. The number of para-hydroxylation sites is 1. The quantitative estimate of drug-likeness (QED) is 0.307. The number of carbonyl (C=O) groups excluding carboxylic acids is 1. The number of carbonyl (C=O) groups is 1. The summed E-state index contributed by atoms with van der Waals surface area (Å²) in [5.41, 5.74) is 2.21. The van der Waals surface area contributed by atoms with E-state index in [0.717, 1.165) is 31.6 Å². The van der Waals surface area contributed by atoms with Gasteiger partial charge in [0.25, 0.3) is 0 Å². The second-order valence-corrected chi connectivity index (χ2v) is 9.30. The molecule has 1 aliphatic rings. The Morgan fingerprint density at radius 3 is 2.67 bits per heavy atom. The highest BCUT2D eigenvalue weighted by atomic mass is 16.5. The Balaban J connectivity index is 1.43. The summed E-state index contributed by atoms with van der Waals surface area (Å²) >= 11 is 0. The van der Waals surface area contributed by atoms with E-state index in [1.54, 1.807) is 38.3 Å². The number of methoxy groups -OCH3 is 1. The van der Waals surface area contributed by atoms with Crippen LogP contribution >= 0.6 is 0 Å². The minimum absolute atomic E-state index is 0.188. The molecule has 0 amide bonds. The maximum atomic E-state index is 12.7. The van der Waals surface area contributed by atoms with E-state index in [9.17, 15) is 4.79 Å². The maximum Gasteiger partial charge on any atom is 0.343 e. The molecule has 0 saturated carbocycles. The zero-order chi connectivity index (χ0) is 27.4. The number of piperidine rings is 1. The minimum Gasteiger partial charge on any atom is -0.494 e. The lowest BCUT2D eigenvalue weighted by Gasteiger charge is -2.28. The van der Waals surface area contributed by atoms with E-state index in [-0.39, 0.29) is 18.0 Å². The van der Waals surface area contributed by atoms with Gasteiger partial charge in [-0.15, -0.1) is 0 Å². The van der Waals surface area contributed by atoms with Crippen molar-refractivity contribution in [3.05, 3.63) is 48.7 Å². The predicted molar refractivity (Wildman–Crippen MR) is 146 cm³/mol. The molecule has 0 atom stereocenters. The van der Waals surface area contributed by atoms with Crippen molar-refractivity contribution in [2.24, 2.45) is 7.05 Å². The first kappa shape index (κ1) is 26.1. The largest absolute Gasteiger partial charge is 0.494 e. The van der Waals surface area contributed by atoms with Crippen LogP contribution in [0.5, 0.6) is 5.75 Å². The smallest absolute Gasteiger partial charge is 0.343 e. The molecule has 1 aliphatic heterocycles. The molecule has 3 aromatic heterocycles. The third-order valence-corrected chi connectivity index (χ3v) is 6.52. The van der Waals surface area contributed by atoms with E-state index in [0.29, 0.717) is 34.8 Å². The molecule has 1 aromatic carbocycles. The summed E-state index contributed by atoms with van der Waals surface area (Å²) in [4.78, 5) is 28.4. The van der Waals surface area contributed by atoms with Gasteiger partial charge in [-0.2, -0.15) is 15.2 Å². The average Bonchev–Trinajstić information content (AvgIpc) is 3.58. The number of hydrogen-bond acceptors (Lipinski definition) is 11. The number of nitrogens with one attached hydrogen (secondary N) is 2. The molecule has 0 aliphatic carbocycles. The molecule has 39 heavy (non-hydrogen) atoms. The Hall–Kier alpha value is -4.52. The molecule has 13 heteroatoms. The molecule has 0 unspecified atom stereocenters. The fraction of sp³-hybridized carbons (Fsp3) is 0.385. The molecule has 5 rings (SSSR count). The third kappa shape index (κ3) is 5.82. The van der Waals surface area contributed by atoms with Gasteiger partial charge < -0.3 is 25.0 Å². The minimum atomic E-state index is -0.539. The van der Waals surface area contributed by atoms with Gasteiger partial charge in [0, 0.05) is 19.4 Å². The number of hydrogen-bond donors (Lipinski definition) is 2. The SMILES string of the molecule is CCOC(=O)c1cnc(Nc2cnn(C3CCN(C)CC3)c2)nc1Nc1cccc(-c2ncn(C)n2)c1OC.